The minimum absolute atomic E-state index is 0.00361. The number of rotatable bonds is 4. The highest BCUT2D eigenvalue weighted by Crippen LogP contribution is 2.37. The molecule has 0 aromatic heterocycles. The summed E-state index contributed by atoms with van der Waals surface area (Å²) in [6, 6.07) is 0.174. The highest BCUT2D eigenvalue weighted by molar-refractivity contribution is 5.85. The van der Waals surface area contributed by atoms with Gasteiger partial charge >= 0.3 is 5.97 Å². The molecule has 0 spiro atoms. The Hall–Kier alpha value is -1.06. The molecule has 0 aliphatic heterocycles. The van der Waals surface area contributed by atoms with E-state index in [2.05, 4.69) is 0 Å². The number of hydrogen-bond donors (Lipinski definition) is 1. The second kappa shape index (κ2) is 5.52. The summed E-state index contributed by atoms with van der Waals surface area (Å²) >= 11 is 0. The minimum Gasteiger partial charge on any atom is -0.481 e. The molecule has 4 heteroatoms. The normalized spacial score (nSPS) is 30.0. The fourth-order valence-corrected chi connectivity index (χ4v) is 2.59. The van der Waals surface area contributed by atoms with Crippen molar-refractivity contribution in [3.05, 3.63) is 0 Å². The maximum Gasteiger partial charge on any atom is 0.307 e. The molecule has 1 aliphatic carbocycles. The molecule has 1 rings (SSSR count). The van der Waals surface area contributed by atoms with E-state index in [0.29, 0.717) is 18.8 Å². The first-order valence-electron chi connectivity index (χ1n) is 6.37. The summed E-state index contributed by atoms with van der Waals surface area (Å²) in [6.07, 6.45) is 2.22. The number of carboxylic acids is 1. The van der Waals surface area contributed by atoms with Crippen LogP contribution in [-0.2, 0) is 9.59 Å². The van der Waals surface area contributed by atoms with Crippen molar-refractivity contribution in [1.29, 1.82) is 0 Å². The van der Waals surface area contributed by atoms with Gasteiger partial charge in [-0.15, -0.1) is 0 Å². The van der Waals surface area contributed by atoms with Crippen molar-refractivity contribution in [2.24, 2.45) is 17.8 Å². The van der Waals surface area contributed by atoms with Crippen LogP contribution in [0.4, 0.5) is 0 Å². The monoisotopic (exact) mass is 241 g/mol. The van der Waals surface area contributed by atoms with Gasteiger partial charge in [0, 0.05) is 13.1 Å². The van der Waals surface area contributed by atoms with Crippen LogP contribution >= 0.6 is 0 Å². The van der Waals surface area contributed by atoms with Crippen LogP contribution in [0.15, 0.2) is 0 Å². The van der Waals surface area contributed by atoms with Gasteiger partial charge in [0.2, 0.25) is 5.91 Å². The molecule has 1 fully saturated rings. The van der Waals surface area contributed by atoms with Gasteiger partial charge in [0.1, 0.15) is 0 Å². The zero-order valence-electron chi connectivity index (χ0n) is 11.1. The van der Waals surface area contributed by atoms with Crippen LogP contribution in [0.1, 0.15) is 40.0 Å². The first-order valence-corrected chi connectivity index (χ1v) is 6.37. The van der Waals surface area contributed by atoms with Gasteiger partial charge in [-0.05, 0) is 32.1 Å². The van der Waals surface area contributed by atoms with Crippen LogP contribution in [0, 0.1) is 17.8 Å². The van der Waals surface area contributed by atoms with E-state index in [1.807, 2.05) is 20.8 Å². The predicted molar refractivity (Wildman–Crippen MR) is 65.5 cm³/mol. The Morgan fingerprint density at radius 2 is 1.88 bits per heavy atom. The van der Waals surface area contributed by atoms with Gasteiger partial charge in [-0.25, -0.2) is 0 Å². The number of carboxylic acid groups (broad SMARTS) is 1. The Labute approximate surface area is 103 Å². The highest BCUT2D eigenvalue weighted by atomic mass is 16.4. The molecule has 1 amide bonds. The molecule has 4 nitrogen and oxygen atoms in total. The number of nitrogens with zero attached hydrogens (tertiary/aromatic N) is 1. The predicted octanol–water partition coefficient (Wildman–Crippen LogP) is 1.99. The van der Waals surface area contributed by atoms with Crippen LogP contribution < -0.4 is 0 Å². The largest absolute Gasteiger partial charge is 0.481 e. The Morgan fingerprint density at radius 1 is 1.35 bits per heavy atom. The molecule has 1 saturated carbocycles. The van der Waals surface area contributed by atoms with Crippen molar-refractivity contribution < 1.29 is 14.7 Å². The van der Waals surface area contributed by atoms with E-state index < -0.39 is 11.9 Å². The van der Waals surface area contributed by atoms with E-state index in [4.69, 9.17) is 5.11 Å². The topological polar surface area (TPSA) is 57.6 Å². The second-order valence-corrected chi connectivity index (χ2v) is 5.33. The first-order chi connectivity index (χ1) is 7.88. The average molecular weight is 241 g/mol. The van der Waals surface area contributed by atoms with E-state index in [1.54, 1.807) is 11.9 Å². The number of aliphatic carboxylic acids is 1. The Kier molecular flexibility index (Phi) is 4.54. The molecule has 4 atom stereocenters. The zero-order chi connectivity index (χ0) is 13.2. The molecular formula is C13H23NO3. The number of carbonyl (C=O) groups excluding carboxylic acids is 1. The minimum atomic E-state index is -0.828. The van der Waals surface area contributed by atoms with Gasteiger partial charge < -0.3 is 10.0 Å². The van der Waals surface area contributed by atoms with Crippen LogP contribution in [0.25, 0.3) is 0 Å². The van der Waals surface area contributed by atoms with Crippen molar-refractivity contribution in [3.63, 3.8) is 0 Å². The smallest absolute Gasteiger partial charge is 0.307 e. The quantitative estimate of drug-likeness (QED) is 0.819. The SMILES string of the molecule is CCC(C)N(C)C(=O)[C@H]1CC(C)C[C@H]1C(=O)O. The number of hydrogen-bond acceptors (Lipinski definition) is 2. The van der Waals surface area contributed by atoms with Gasteiger partial charge in [0.25, 0.3) is 0 Å². The summed E-state index contributed by atoms with van der Waals surface area (Å²) in [7, 11) is 1.78. The van der Waals surface area contributed by atoms with E-state index in [-0.39, 0.29) is 17.9 Å². The molecule has 98 valence electrons. The van der Waals surface area contributed by atoms with Crippen molar-refractivity contribution in [1.82, 2.24) is 4.90 Å². The first kappa shape index (κ1) is 14.0. The van der Waals surface area contributed by atoms with E-state index in [1.165, 1.54) is 0 Å². The number of amides is 1. The Balaban J connectivity index is 2.77. The fraction of sp³-hybridized carbons (Fsp3) is 0.846. The van der Waals surface area contributed by atoms with E-state index >= 15 is 0 Å². The lowest BCUT2D eigenvalue weighted by Crippen LogP contribution is -2.41. The summed E-state index contributed by atoms with van der Waals surface area (Å²) in [4.78, 5) is 25.1. The van der Waals surface area contributed by atoms with Gasteiger partial charge in [0.15, 0.2) is 0 Å². The summed E-state index contributed by atoms with van der Waals surface area (Å²) < 4.78 is 0. The molecule has 0 saturated heterocycles. The lowest BCUT2D eigenvalue weighted by atomic mass is 9.94. The molecule has 1 aliphatic rings. The van der Waals surface area contributed by atoms with E-state index in [0.717, 1.165) is 6.42 Å². The summed E-state index contributed by atoms with van der Waals surface area (Å²) in [5.41, 5.74) is 0. The molecule has 0 aromatic rings. The summed E-state index contributed by atoms with van der Waals surface area (Å²) in [5.74, 6) is -1.33. The third kappa shape index (κ3) is 2.99. The molecule has 2 unspecified atom stereocenters. The van der Waals surface area contributed by atoms with Gasteiger partial charge in [-0.2, -0.15) is 0 Å². The average Bonchev–Trinajstić information content (AvgIpc) is 2.68. The van der Waals surface area contributed by atoms with Crippen molar-refractivity contribution in [2.45, 2.75) is 46.1 Å². The molecule has 1 N–H and O–H groups in total. The molecule has 17 heavy (non-hydrogen) atoms. The highest BCUT2D eigenvalue weighted by Gasteiger charge is 2.42. The zero-order valence-corrected chi connectivity index (χ0v) is 11.1. The van der Waals surface area contributed by atoms with Crippen LogP contribution in [0.2, 0.25) is 0 Å². The van der Waals surface area contributed by atoms with Crippen LogP contribution in [-0.4, -0.2) is 35.0 Å². The van der Waals surface area contributed by atoms with Crippen molar-refractivity contribution >= 4 is 11.9 Å². The van der Waals surface area contributed by atoms with Crippen molar-refractivity contribution in [2.75, 3.05) is 7.05 Å². The number of carbonyl (C=O) groups is 2. The lowest BCUT2D eigenvalue weighted by Gasteiger charge is -2.28. The third-order valence-corrected chi connectivity index (χ3v) is 4.03. The van der Waals surface area contributed by atoms with E-state index in [9.17, 15) is 9.59 Å². The molecule has 0 bridgehead atoms. The molecular weight excluding hydrogens is 218 g/mol. The van der Waals surface area contributed by atoms with Crippen LogP contribution in [0.3, 0.4) is 0 Å². The van der Waals surface area contributed by atoms with Gasteiger partial charge in [0.05, 0.1) is 11.8 Å². The summed E-state index contributed by atoms with van der Waals surface area (Å²) in [6.45, 7) is 6.04. The fourth-order valence-electron chi connectivity index (χ4n) is 2.59. The molecule has 0 radical (unpaired) electrons. The Bertz CT molecular complexity index is 303. The maximum absolute atomic E-state index is 12.3. The summed E-state index contributed by atoms with van der Waals surface area (Å²) in [5, 5.41) is 9.16. The Morgan fingerprint density at radius 3 is 2.35 bits per heavy atom. The lowest BCUT2D eigenvalue weighted by molar-refractivity contribution is -0.149. The molecule has 0 heterocycles. The van der Waals surface area contributed by atoms with Gasteiger partial charge in [-0.3, -0.25) is 9.59 Å². The third-order valence-electron chi connectivity index (χ3n) is 4.03. The molecule has 0 aromatic carbocycles. The van der Waals surface area contributed by atoms with Crippen LogP contribution in [0.5, 0.6) is 0 Å². The second-order valence-electron chi connectivity index (χ2n) is 5.33. The maximum atomic E-state index is 12.3. The van der Waals surface area contributed by atoms with Crippen molar-refractivity contribution in [3.8, 4) is 0 Å². The van der Waals surface area contributed by atoms with Gasteiger partial charge in [-0.1, -0.05) is 13.8 Å². The standard InChI is InChI=1S/C13H23NO3/c1-5-9(3)14(4)12(15)10-6-8(2)7-11(10)13(16)17/h8-11H,5-7H2,1-4H3,(H,16,17)/t8?,9?,10-,11+/m0/s1.